The molecule has 0 spiro atoms. The lowest BCUT2D eigenvalue weighted by Gasteiger charge is -2.14. The van der Waals surface area contributed by atoms with Crippen LogP contribution in [0.15, 0.2) is 65.0 Å². The first kappa shape index (κ1) is 26.0. The second-order valence-corrected chi connectivity index (χ2v) is 8.61. The average molecular weight is 543 g/mol. The molecule has 6 nitrogen and oxygen atoms in total. The van der Waals surface area contributed by atoms with Crippen molar-refractivity contribution in [3.05, 3.63) is 71.8 Å². The molecule has 0 bridgehead atoms. The standard InChI is InChI=1S/C22H29N3O3S.HI/c1-5-13-28-20-10-8-7-9-19(20)16-25-22(23-6-2)24-15-18-11-12-21(17(3)14-18)29(4,26)27;/h5,7-12,14H,1,6,13,15-16H2,2-4H3,(H2,23,24,25);1H. The van der Waals surface area contributed by atoms with Crippen molar-refractivity contribution in [3.8, 4) is 5.75 Å². The van der Waals surface area contributed by atoms with Crippen molar-refractivity contribution < 1.29 is 13.2 Å². The molecule has 30 heavy (non-hydrogen) atoms. The van der Waals surface area contributed by atoms with Gasteiger partial charge in [0.1, 0.15) is 12.4 Å². The number of aliphatic imine (C=N–C) groups is 1. The Kier molecular flexibility index (Phi) is 10.9. The molecule has 0 atom stereocenters. The summed E-state index contributed by atoms with van der Waals surface area (Å²) in [6, 6.07) is 13.1. The summed E-state index contributed by atoms with van der Waals surface area (Å²) in [5, 5.41) is 6.53. The number of para-hydroxylation sites is 1. The minimum absolute atomic E-state index is 0. The summed E-state index contributed by atoms with van der Waals surface area (Å²) in [6.45, 7) is 9.66. The van der Waals surface area contributed by atoms with E-state index in [4.69, 9.17) is 4.74 Å². The van der Waals surface area contributed by atoms with Gasteiger partial charge in [-0.3, -0.25) is 0 Å². The Morgan fingerprint density at radius 1 is 1.20 bits per heavy atom. The third-order valence-corrected chi connectivity index (χ3v) is 5.44. The quantitative estimate of drug-likeness (QED) is 0.218. The van der Waals surface area contributed by atoms with Gasteiger partial charge in [-0.15, -0.1) is 24.0 Å². The van der Waals surface area contributed by atoms with E-state index in [9.17, 15) is 8.42 Å². The fourth-order valence-electron chi connectivity index (χ4n) is 2.86. The number of rotatable bonds is 9. The normalized spacial score (nSPS) is 11.4. The Morgan fingerprint density at radius 2 is 1.93 bits per heavy atom. The number of benzene rings is 2. The van der Waals surface area contributed by atoms with Gasteiger partial charge in [-0.05, 0) is 37.1 Å². The first-order chi connectivity index (χ1) is 13.8. The molecule has 0 saturated carbocycles. The van der Waals surface area contributed by atoms with Gasteiger partial charge in [0.2, 0.25) is 0 Å². The van der Waals surface area contributed by atoms with Gasteiger partial charge in [0, 0.05) is 24.9 Å². The van der Waals surface area contributed by atoms with Gasteiger partial charge in [-0.1, -0.05) is 43.0 Å². The van der Waals surface area contributed by atoms with Crippen molar-refractivity contribution in [1.29, 1.82) is 0 Å². The molecule has 0 amide bonds. The third kappa shape index (κ3) is 7.98. The number of halogens is 1. The highest BCUT2D eigenvalue weighted by Crippen LogP contribution is 2.18. The first-order valence-electron chi connectivity index (χ1n) is 9.48. The molecule has 164 valence electrons. The summed E-state index contributed by atoms with van der Waals surface area (Å²) < 4.78 is 29.2. The lowest BCUT2D eigenvalue weighted by molar-refractivity contribution is 0.358. The molecule has 8 heteroatoms. The zero-order valence-corrected chi connectivity index (χ0v) is 20.8. The number of guanidine groups is 1. The fourth-order valence-corrected chi connectivity index (χ4v) is 3.82. The number of ether oxygens (including phenoxy) is 1. The molecule has 0 unspecified atom stereocenters. The van der Waals surface area contributed by atoms with E-state index in [-0.39, 0.29) is 24.0 Å². The van der Waals surface area contributed by atoms with Crippen LogP contribution in [0.25, 0.3) is 0 Å². The predicted molar refractivity (Wildman–Crippen MR) is 133 cm³/mol. The van der Waals surface area contributed by atoms with Crippen LogP contribution in [0.5, 0.6) is 5.75 Å². The molecule has 0 aliphatic carbocycles. The van der Waals surface area contributed by atoms with Crippen molar-refractivity contribution in [2.24, 2.45) is 4.99 Å². The van der Waals surface area contributed by atoms with E-state index in [0.717, 1.165) is 29.0 Å². The van der Waals surface area contributed by atoms with Crippen LogP contribution in [0.1, 0.15) is 23.6 Å². The van der Waals surface area contributed by atoms with Crippen LogP contribution in [-0.2, 0) is 22.9 Å². The highest BCUT2D eigenvalue weighted by Gasteiger charge is 2.11. The molecule has 0 aliphatic heterocycles. The smallest absolute Gasteiger partial charge is 0.191 e. The molecule has 2 aromatic carbocycles. The Hall–Kier alpha value is -2.07. The maximum Gasteiger partial charge on any atom is 0.191 e. The molecule has 2 aromatic rings. The Morgan fingerprint density at radius 3 is 2.57 bits per heavy atom. The van der Waals surface area contributed by atoms with Gasteiger partial charge in [0.15, 0.2) is 15.8 Å². The largest absolute Gasteiger partial charge is 0.489 e. The third-order valence-electron chi connectivity index (χ3n) is 4.18. The van der Waals surface area contributed by atoms with Crippen LogP contribution in [0, 0.1) is 6.92 Å². The maximum atomic E-state index is 11.8. The number of aryl methyl sites for hydroxylation is 1. The lowest BCUT2D eigenvalue weighted by Crippen LogP contribution is -2.36. The Balaban J connectivity index is 0.00000450. The summed E-state index contributed by atoms with van der Waals surface area (Å²) in [5.41, 5.74) is 2.70. The minimum Gasteiger partial charge on any atom is -0.489 e. The second-order valence-electron chi connectivity index (χ2n) is 6.63. The van der Waals surface area contributed by atoms with Crippen LogP contribution in [0.4, 0.5) is 0 Å². The number of nitrogens with one attached hydrogen (secondary N) is 2. The number of nitrogens with zero attached hydrogens (tertiary/aromatic N) is 1. The van der Waals surface area contributed by atoms with E-state index in [2.05, 4.69) is 22.2 Å². The van der Waals surface area contributed by atoms with Gasteiger partial charge >= 0.3 is 0 Å². The summed E-state index contributed by atoms with van der Waals surface area (Å²) in [6.07, 6.45) is 2.93. The second kappa shape index (κ2) is 12.6. The fraction of sp³-hybridized carbons (Fsp3) is 0.318. The van der Waals surface area contributed by atoms with E-state index in [1.165, 1.54) is 6.26 Å². The molecule has 0 radical (unpaired) electrons. The minimum atomic E-state index is -3.22. The molecule has 0 heterocycles. The van der Waals surface area contributed by atoms with Gasteiger partial charge in [0.25, 0.3) is 0 Å². The molecule has 0 aliphatic rings. The average Bonchev–Trinajstić information content (AvgIpc) is 2.68. The van der Waals surface area contributed by atoms with Crippen molar-refractivity contribution >= 4 is 39.8 Å². The monoisotopic (exact) mass is 543 g/mol. The summed E-state index contributed by atoms with van der Waals surface area (Å²) in [7, 11) is -3.22. The van der Waals surface area contributed by atoms with Gasteiger partial charge in [-0.25, -0.2) is 13.4 Å². The van der Waals surface area contributed by atoms with E-state index in [0.29, 0.717) is 30.6 Å². The zero-order chi connectivity index (χ0) is 21.3. The summed E-state index contributed by atoms with van der Waals surface area (Å²) in [5.74, 6) is 1.48. The van der Waals surface area contributed by atoms with Crippen molar-refractivity contribution in [2.75, 3.05) is 19.4 Å². The van der Waals surface area contributed by atoms with Gasteiger partial charge < -0.3 is 15.4 Å². The van der Waals surface area contributed by atoms with E-state index >= 15 is 0 Å². The predicted octanol–water partition coefficient (Wildman–Crippen LogP) is 3.84. The van der Waals surface area contributed by atoms with Crippen molar-refractivity contribution in [2.45, 2.75) is 31.8 Å². The number of hydrogen-bond donors (Lipinski definition) is 2. The van der Waals surface area contributed by atoms with Crippen LogP contribution in [0.3, 0.4) is 0 Å². The van der Waals surface area contributed by atoms with Crippen LogP contribution in [0.2, 0.25) is 0 Å². The highest BCUT2D eigenvalue weighted by atomic mass is 127. The van der Waals surface area contributed by atoms with E-state index in [1.807, 2.05) is 37.3 Å². The molecular formula is C22H30IN3O3S. The number of hydrogen-bond acceptors (Lipinski definition) is 4. The zero-order valence-electron chi connectivity index (χ0n) is 17.6. The summed E-state index contributed by atoms with van der Waals surface area (Å²) >= 11 is 0. The lowest BCUT2D eigenvalue weighted by atomic mass is 10.1. The molecule has 0 saturated heterocycles. The van der Waals surface area contributed by atoms with Crippen LogP contribution >= 0.6 is 24.0 Å². The topological polar surface area (TPSA) is 79.8 Å². The SMILES string of the molecule is C=CCOc1ccccc1CNC(=NCc1ccc(S(C)(=O)=O)c(C)c1)NCC.I. The van der Waals surface area contributed by atoms with Crippen molar-refractivity contribution in [1.82, 2.24) is 10.6 Å². The molecule has 0 aromatic heterocycles. The molecule has 2 N–H and O–H groups in total. The van der Waals surface area contributed by atoms with Crippen molar-refractivity contribution in [3.63, 3.8) is 0 Å². The molecule has 0 fully saturated rings. The van der Waals surface area contributed by atoms with Gasteiger partial charge in [0.05, 0.1) is 11.4 Å². The molecular weight excluding hydrogens is 513 g/mol. The van der Waals surface area contributed by atoms with E-state index < -0.39 is 9.84 Å². The highest BCUT2D eigenvalue weighted by molar-refractivity contribution is 14.0. The Bertz CT molecular complexity index is 975. The van der Waals surface area contributed by atoms with Crippen LogP contribution in [-0.4, -0.2) is 33.8 Å². The van der Waals surface area contributed by atoms with Gasteiger partial charge in [-0.2, -0.15) is 0 Å². The van der Waals surface area contributed by atoms with E-state index in [1.54, 1.807) is 25.1 Å². The van der Waals surface area contributed by atoms with Crippen LogP contribution < -0.4 is 15.4 Å². The molecule has 2 rings (SSSR count). The maximum absolute atomic E-state index is 11.8. The Labute approximate surface area is 196 Å². The first-order valence-corrected chi connectivity index (χ1v) is 11.4. The summed E-state index contributed by atoms with van der Waals surface area (Å²) in [4.78, 5) is 4.96. The number of sulfone groups is 1.